The molecular formula is C20H40IN5O4. The van der Waals surface area contributed by atoms with E-state index in [4.69, 9.17) is 9.47 Å². The van der Waals surface area contributed by atoms with Crippen LogP contribution in [0, 0.1) is 0 Å². The van der Waals surface area contributed by atoms with E-state index in [0.29, 0.717) is 26.1 Å². The van der Waals surface area contributed by atoms with Crippen molar-refractivity contribution in [1.29, 1.82) is 0 Å². The molecule has 1 aliphatic rings. The predicted molar refractivity (Wildman–Crippen MR) is 130 cm³/mol. The summed E-state index contributed by atoms with van der Waals surface area (Å²) in [5, 5.41) is 8.95. The summed E-state index contributed by atoms with van der Waals surface area (Å²) in [6, 6.07) is 0.0301. The van der Waals surface area contributed by atoms with E-state index in [0.717, 1.165) is 25.5 Å². The van der Waals surface area contributed by atoms with Crippen LogP contribution in [0.2, 0.25) is 0 Å². The molecule has 0 aromatic carbocycles. The van der Waals surface area contributed by atoms with Crippen molar-refractivity contribution in [2.24, 2.45) is 4.99 Å². The average Bonchev–Trinajstić information content (AvgIpc) is 2.98. The standard InChI is InChI=1S/C20H39N5O4.HI/c1-8-21-16(22-11-9-12-23-17(26)28-19(2,3)4)25-13-10-15(14-25)24-18(27)29-20(5,6)7;/h15H,8-14H2,1-7H3,(H,21,22)(H,23,26)(H,24,27);1H. The van der Waals surface area contributed by atoms with Gasteiger partial charge in [-0.25, -0.2) is 9.59 Å². The largest absolute Gasteiger partial charge is 0.444 e. The molecule has 0 radical (unpaired) electrons. The van der Waals surface area contributed by atoms with Crippen LogP contribution in [0.15, 0.2) is 4.99 Å². The zero-order chi connectivity index (χ0) is 22.1. The highest BCUT2D eigenvalue weighted by Crippen LogP contribution is 2.12. The summed E-state index contributed by atoms with van der Waals surface area (Å²) < 4.78 is 10.5. The lowest BCUT2D eigenvalue weighted by Crippen LogP contribution is -2.44. The summed E-state index contributed by atoms with van der Waals surface area (Å²) in [5.41, 5.74) is -1.01. The van der Waals surface area contributed by atoms with Gasteiger partial charge in [0, 0.05) is 32.7 Å². The number of halogens is 1. The smallest absolute Gasteiger partial charge is 0.407 e. The molecule has 10 heteroatoms. The van der Waals surface area contributed by atoms with Crippen LogP contribution in [-0.4, -0.2) is 73.0 Å². The number of alkyl carbamates (subject to hydrolysis) is 2. The van der Waals surface area contributed by atoms with Gasteiger partial charge in [0.05, 0.1) is 6.04 Å². The third kappa shape index (κ3) is 13.0. The Morgan fingerprint density at radius 1 is 1.03 bits per heavy atom. The predicted octanol–water partition coefficient (Wildman–Crippen LogP) is 3.08. The molecule has 2 amide bonds. The Labute approximate surface area is 198 Å². The van der Waals surface area contributed by atoms with Crippen molar-refractivity contribution in [3.63, 3.8) is 0 Å². The fourth-order valence-corrected chi connectivity index (χ4v) is 2.74. The molecule has 1 saturated heterocycles. The van der Waals surface area contributed by atoms with Crippen LogP contribution in [0.1, 0.15) is 61.3 Å². The van der Waals surface area contributed by atoms with Crippen molar-refractivity contribution in [3.8, 4) is 0 Å². The van der Waals surface area contributed by atoms with Crippen LogP contribution >= 0.6 is 24.0 Å². The first-order chi connectivity index (χ1) is 13.4. The van der Waals surface area contributed by atoms with Crippen LogP contribution in [0.5, 0.6) is 0 Å². The molecule has 1 rings (SSSR count). The molecule has 0 saturated carbocycles. The van der Waals surface area contributed by atoms with Gasteiger partial charge in [-0.3, -0.25) is 4.99 Å². The first kappa shape index (κ1) is 28.5. The first-order valence-electron chi connectivity index (χ1n) is 10.4. The number of hydrogen-bond acceptors (Lipinski definition) is 5. The van der Waals surface area contributed by atoms with E-state index in [-0.39, 0.29) is 36.1 Å². The zero-order valence-corrected chi connectivity index (χ0v) is 21.8. The van der Waals surface area contributed by atoms with Gasteiger partial charge in [0.2, 0.25) is 0 Å². The maximum Gasteiger partial charge on any atom is 0.407 e. The maximum atomic E-state index is 12.0. The van der Waals surface area contributed by atoms with Crippen molar-refractivity contribution in [2.45, 2.75) is 78.6 Å². The number of amides is 2. The Morgan fingerprint density at radius 2 is 1.63 bits per heavy atom. The van der Waals surface area contributed by atoms with Crippen LogP contribution in [-0.2, 0) is 9.47 Å². The molecule has 1 atom stereocenters. The molecule has 176 valence electrons. The molecule has 0 spiro atoms. The molecule has 3 N–H and O–H groups in total. The van der Waals surface area contributed by atoms with Gasteiger partial charge in [0.1, 0.15) is 11.2 Å². The SMILES string of the molecule is CCNC(=NCCCNC(=O)OC(C)(C)C)N1CCC(NC(=O)OC(C)(C)C)C1.I. The summed E-state index contributed by atoms with van der Waals surface area (Å²) in [6.45, 7) is 16.4. The molecule has 0 aliphatic carbocycles. The van der Waals surface area contributed by atoms with E-state index in [1.807, 2.05) is 48.5 Å². The zero-order valence-electron chi connectivity index (χ0n) is 19.5. The minimum atomic E-state index is -0.508. The molecule has 9 nitrogen and oxygen atoms in total. The highest BCUT2D eigenvalue weighted by molar-refractivity contribution is 14.0. The number of rotatable bonds is 6. The highest BCUT2D eigenvalue weighted by atomic mass is 127. The average molecular weight is 541 g/mol. The van der Waals surface area contributed by atoms with Gasteiger partial charge < -0.3 is 30.3 Å². The minimum Gasteiger partial charge on any atom is -0.444 e. The van der Waals surface area contributed by atoms with Crippen LogP contribution < -0.4 is 16.0 Å². The Bertz CT molecular complexity index is 573. The fraction of sp³-hybridized carbons (Fsp3) is 0.850. The number of guanidine groups is 1. The monoisotopic (exact) mass is 541 g/mol. The molecule has 1 fully saturated rings. The molecule has 0 bridgehead atoms. The van der Waals surface area contributed by atoms with Crippen molar-refractivity contribution < 1.29 is 19.1 Å². The Hall–Kier alpha value is -1.46. The van der Waals surface area contributed by atoms with E-state index in [1.165, 1.54) is 0 Å². The molecule has 1 aliphatic heterocycles. The van der Waals surface area contributed by atoms with Gasteiger partial charge in [0.15, 0.2) is 5.96 Å². The van der Waals surface area contributed by atoms with E-state index in [2.05, 4.69) is 25.8 Å². The third-order valence-electron chi connectivity index (χ3n) is 3.81. The second-order valence-corrected chi connectivity index (χ2v) is 9.10. The third-order valence-corrected chi connectivity index (χ3v) is 3.81. The molecular weight excluding hydrogens is 501 g/mol. The lowest BCUT2D eigenvalue weighted by atomic mass is 10.2. The number of carbonyl (C=O) groups excluding carboxylic acids is 2. The number of aliphatic imine (C=N–C) groups is 1. The van der Waals surface area contributed by atoms with Gasteiger partial charge in [-0.05, 0) is 61.3 Å². The quantitative estimate of drug-likeness (QED) is 0.207. The topological polar surface area (TPSA) is 104 Å². The lowest BCUT2D eigenvalue weighted by molar-refractivity contribution is 0.0501. The van der Waals surface area contributed by atoms with Crippen LogP contribution in [0.4, 0.5) is 9.59 Å². The van der Waals surface area contributed by atoms with E-state index in [1.54, 1.807) is 0 Å². The summed E-state index contributed by atoms with van der Waals surface area (Å²) >= 11 is 0. The molecule has 1 heterocycles. The normalized spacial score (nSPS) is 17.1. The summed E-state index contributed by atoms with van der Waals surface area (Å²) in [5.74, 6) is 0.818. The molecule has 1 unspecified atom stereocenters. The highest BCUT2D eigenvalue weighted by Gasteiger charge is 2.27. The number of hydrogen-bond donors (Lipinski definition) is 3. The molecule has 0 aromatic heterocycles. The van der Waals surface area contributed by atoms with Gasteiger partial charge in [-0.15, -0.1) is 24.0 Å². The van der Waals surface area contributed by atoms with E-state index in [9.17, 15) is 9.59 Å². The Kier molecular flexibility index (Phi) is 12.4. The van der Waals surface area contributed by atoms with Crippen LogP contribution in [0.3, 0.4) is 0 Å². The van der Waals surface area contributed by atoms with Gasteiger partial charge in [-0.2, -0.15) is 0 Å². The van der Waals surface area contributed by atoms with Crippen molar-refractivity contribution in [2.75, 3.05) is 32.7 Å². The van der Waals surface area contributed by atoms with Crippen LogP contribution in [0.25, 0.3) is 0 Å². The summed E-state index contributed by atoms with van der Waals surface area (Å²) in [4.78, 5) is 30.4. The van der Waals surface area contributed by atoms with Gasteiger partial charge >= 0.3 is 12.2 Å². The van der Waals surface area contributed by atoms with Crippen molar-refractivity contribution in [1.82, 2.24) is 20.9 Å². The maximum absolute atomic E-state index is 12.0. The Morgan fingerprint density at radius 3 is 2.20 bits per heavy atom. The molecule has 30 heavy (non-hydrogen) atoms. The summed E-state index contributed by atoms with van der Waals surface area (Å²) in [6.07, 6.45) is 0.745. The number of likely N-dealkylation sites (tertiary alicyclic amines) is 1. The second-order valence-electron chi connectivity index (χ2n) is 9.10. The first-order valence-corrected chi connectivity index (χ1v) is 10.4. The summed E-state index contributed by atoms with van der Waals surface area (Å²) in [7, 11) is 0. The lowest BCUT2D eigenvalue weighted by Gasteiger charge is -2.23. The minimum absolute atomic E-state index is 0. The van der Waals surface area contributed by atoms with Crippen molar-refractivity contribution in [3.05, 3.63) is 0 Å². The van der Waals surface area contributed by atoms with Gasteiger partial charge in [0.25, 0.3) is 0 Å². The number of nitrogens with zero attached hydrogens (tertiary/aromatic N) is 2. The second kappa shape index (κ2) is 13.1. The number of ether oxygens (including phenoxy) is 2. The Balaban J connectivity index is 0.00000841. The van der Waals surface area contributed by atoms with Gasteiger partial charge in [-0.1, -0.05) is 0 Å². The number of nitrogens with one attached hydrogen (secondary N) is 3. The van der Waals surface area contributed by atoms with E-state index >= 15 is 0 Å². The number of carbonyl (C=O) groups is 2. The molecule has 0 aromatic rings. The van der Waals surface area contributed by atoms with E-state index < -0.39 is 17.3 Å². The fourth-order valence-electron chi connectivity index (χ4n) is 2.74. The van der Waals surface area contributed by atoms with Crippen molar-refractivity contribution >= 4 is 42.1 Å².